The lowest BCUT2D eigenvalue weighted by Gasteiger charge is -2.21. The van der Waals surface area contributed by atoms with Gasteiger partial charge in [0, 0.05) is 28.3 Å². The molecule has 0 aliphatic carbocycles. The van der Waals surface area contributed by atoms with E-state index in [1.807, 2.05) is 0 Å². The Labute approximate surface area is 89.3 Å². The number of hydrogen-bond donors (Lipinski definition) is 2. The standard InChI is InChI=1S/C8H12N4O2S/c13-8(7-9-5-10-12-7)11-6-1-3-15(14)4-2-6/h5-6H,1-4H2,(H,11,13)(H,9,10,12). The Kier molecular flexibility index (Phi) is 3.10. The fraction of sp³-hybridized carbons (Fsp3) is 0.625. The third-order valence-corrected chi connectivity index (χ3v) is 3.74. The van der Waals surface area contributed by atoms with E-state index in [1.165, 1.54) is 6.33 Å². The summed E-state index contributed by atoms with van der Waals surface area (Å²) < 4.78 is 11.1. The molecule has 2 heterocycles. The first-order valence-corrected chi connectivity index (χ1v) is 6.25. The molecule has 0 saturated carbocycles. The minimum Gasteiger partial charge on any atom is -0.347 e. The summed E-state index contributed by atoms with van der Waals surface area (Å²) in [5, 5.41) is 8.94. The predicted molar refractivity (Wildman–Crippen MR) is 54.7 cm³/mol. The predicted octanol–water partition coefficient (Wildman–Crippen LogP) is -0.554. The van der Waals surface area contributed by atoms with Crippen LogP contribution in [0.25, 0.3) is 0 Å². The summed E-state index contributed by atoms with van der Waals surface area (Å²) in [4.78, 5) is 15.3. The first-order valence-electron chi connectivity index (χ1n) is 4.77. The Hall–Kier alpha value is -1.24. The monoisotopic (exact) mass is 228 g/mol. The number of nitrogens with one attached hydrogen (secondary N) is 2. The number of aromatic nitrogens is 3. The van der Waals surface area contributed by atoms with E-state index in [0.29, 0.717) is 11.5 Å². The molecule has 2 rings (SSSR count). The van der Waals surface area contributed by atoms with Gasteiger partial charge in [-0.25, -0.2) is 4.98 Å². The minimum absolute atomic E-state index is 0.111. The molecule has 1 saturated heterocycles. The summed E-state index contributed by atoms with van der Waals surface area (Å²) in [6.45, 7) is 0. The van der Waals surface area contributed by atoms with Gasteiger partial charge >= 0.3 is 0 Å². The second kappa shape index (κ2) is 4.52. The van der Waals surface area contributed by atoms with Crippen LogP contribution in [0.4, 0.5) is 0 Å². The van der Waals surface area contributed by atoms with Crippen LogP contribution >= 0.6 is 0 Å². The Balaban J connectivity index is 1.87. The van der Waals surface area contributed by atoms with E-state index in [1.54, 1.807) is 0 Å². The minimum atomic E-state index is -0.700. The van der Waals surface area contributed by atoms with Gasteiger partial charge in [0.15, 0.2) is 0 Å². The maximum Gasteiger partial charge on any atom is 0.288 e. The zero-order chi connectivity index (χ0) is 10.7. The van der Waals surface area contributed by atoms with Crippen molar-refractivity contribution in [2.24, 2.45) is 0 Å². The summed E-state index contributed by atoms with van der Waals surface area (Å²) in [5.41, 5.74) is 0. The SMILES string of the molecule is O=C(NC1CCS(=O)CC1)c1ncn[nH]1. The van der Waals surface area contributed by atoms with Crippen LogP contribution in [0, 0.1) is 0 Å². The zero-order valence-corrected chi connectivity index (χ0v) is 8.92. The van der Waals surface area contributed by atoms with Gasteiger partial charge in [-0.15, -0.1) is 0 Å². The molecule has 82 valence electrons. The van der Waals surface area contributed by atoms with Gasteiger partial charge in [-0.1, -0.05) is 0 Å². The summed E-state index contributed by atoms with van der Waals surface area (Å²) in [6, 6.07) is 0.111. The van der Waals surface area contributed by atoms with E-state index >= 15 is 0 Å². The van der Waals surface area contributed by atoms with Gasteiger partial charge in [-0.2, -0.15) is 5.10 Å². The summed E-state index contributed by atoms with van der Waals surface area (Å²) in [7, 11) is -0.700. The van der Waals surface area contributed by atoms with Gasteiger partial charge in [0.25, 0.3) is 5.91 Å². The topological polar surface area (TPSA) is 87.7 Å². The first kappa shape index (κ1) is 10.3. The van der Waals surface area contributed by atoms with E-state index in [2.05, 4.69) is 20.5 Å². The van der Waals surface area contributed by atoms with E-state index < -0.39 is 10.8 Å². The van der Waals surface area contributed by atoms with Crippen LogP contribution in [0.2, 0.25) is 0 Å². The number of carbonyl (C=O) groups excluding carboxylic acids is 1. The van der Waals surface area contributed by atoms with Crippen LogP contribution in [-0.4, -0.2) is 42.8 Å². The number of amides is 1. The van der Waals surface area contributed by atoms with Crippen molar-refractivity contribution in [3.05, 3.63) is 12.2 Å². The second-order valence-electron chi connectivity index (χ2n) is 3.43. The lowest BCUT2D eigenvalue weighted by atomic mass is 10.1. The highest BCUT2D eigenvalue weighted by Gasteiger charge is 2.20. The molecule has 0 spiro atoms. The van der Waals surface area contributed by atoms with Gasteiger partial charge in [-0.3, -0.25) is 14.1 Å². The van der Waals surface area contributed by atoms with Crippen molar-refractivity contribution in [1.29, 1.82) is 0 Å². The summed E-state index contributed by atoms with van der Waals surface area (Å²) in [6.07, 6.45) is 2.84. The molecular formula is C8H12N4O2S. The molecule has 1 aromatic heterocycles. The molecule has 0 bridgehead atoms. The lowest BCUT2D eigenvalue weighted by Crippen LogP contribution is -2.39. The maximum absolute atomic E-state index is 11.5. The Morgan fingerprint density at radius 3 is 2.87 bits per heavy atom. The highest BCUT2D eigenvalue weighted by atomic mass is 32.2. The van der Waals surface area contributed by atoms with Crippen LogP contribution in [0.3, 0.4) is 0 Å². The maximum atomic E-state index is 11.5. The average molecular weight is 228 g/mol. The van der Waals surface area contributed by atoms with Crippen molar-refractivity contribution in [2.45, 2.75) is 18.9 Å². The average Bonchev–Trinajstić information content (AvgIpc) is 2.74. The van der Waals surface area contributed by atoms with Crippen LogP contribution in [0.1, 0.15) is 23.5 Å². The number of rotatable bonds is 2. The van der Waals surface area contributed by atoms with Crippen LogP contribution < -0.4 is 5.32 Å². The normalized spacial score (nSPS) is 26.1. The molecule has 1 aliphatic heterocycles. The van der Waals surface area contributed by atoms with Crippen molar-refractivity contribution in [1.82, 2.24) is 20.5 Å². The molecule has 1 fully saturated rings. The van der Waals surface area contributed by atoms with Gasteiger partial charge in [0.1, 0.15) is 6.33 Å². The molecule has 0 radical (unpaired) electrons. The number of hydrogen-bond acceptors (Lipinski definition) is 4. The molecule has 1 aliphatic rings. The first-order chi connectivity index (χ1) is 7.25. The number of nitrogens with zero attached hydrogens (tertiary/aromatic N) is 2. The van der Waals surface area contributed by atoms with Crippen LogP contribution in [0.5, 0.6) is 0 Å². The van der Waals surface area contributed by atoms with Gasteiger partial charge in [-0.05, 0) is 12.8 Å². The molecule has 1 amide bonds. The van der Waals surface area contributed by atoms with Crippen molar-refractivity contribution in [3.8, 4) is 0 Å². The molecule has 0 unspecified atom stereocenters. The van der Waals surface area contributed by atoms with E-state index in [4.69, 9.17) is 0 Å². The number of carbonyl (C=O) groups is 1. The Morgan fingerprint density at radius 2 is 2.27 bits per heavy atom. The van der Waals surface area contributed by atoms with Crippen molar-refractivity contribution in [3.63, 3.8) is 0 Å². The van der Waals surface area contributed by atoms with Crippen molar-refractivity contribution in [2.75, 3.05) is 11.5 Å². The fourth-order valence-corrected chi connectivity index (χ4v) is 2.81. The van der Waals surface area contributed by atoms with E-state index in [0.717, 1.165) is 12.8 Å². The van der Waals surface area contributed by atoms with Crippen molar-refractivity contribution < 1.29 is 9.00 Å². The molecule has 2 N–H and O–H groups in total. The molecule has 0 aromatic carbocycles. The zero-order valence-electron chi connectivity index (χ0n) is 8.10. The Bertz CT molecular complexity index is 355. The van der Waals surface area contributed by atoms with Crippen molar-refractivity contribution >= 4 is 16.7 Å². The largest absolute Gasteiger partial charge is 0.347 e. The third-order valence-electron chi connectivity index (χ3n) is 2.35. The third kappa shape index (κ3) is 2.62. The summed E-state index contributed by atoms with van der Waals surface area (Å²) >= 11 is 0. The van der Waals surface area contributed by atoms with Crippen LogP contribution in [0.15, 0.2) is 6.33 Å². The van der Waals surface area contributed by atoms with E-state index in [-0.39, 0.29) is 17.8 Å². The molecule has 7 heteroatoms. The van der Waals surface area contributed by atoms with Gasteiger partial charge < -0.3 is 5.32 Å². The smallest absolute Gasteiger partial charge is 0.288 e. The van der Waals surface area contributed by atoms with Crippen LogP contribution in [-0.2, 0) is 10.8 Å². The molecule has 1 aromatic rings. The molecule has 6 nitrogen and oxygen atoms in total. The van der Waals surface area contributed by atoms with Gasteiger partial charge in [0.05, 0.1) is 0 Å². The molecule has 15 heavy (non-hydrogen) atoms. The highest BCUT2D eigenvalue weighted by Crippen LogP contribution is 2.09. The van der Waals surface area contributed by atoms with E-state index in [9.17, 15) is 9.00 Å². The number of H-pyrrole nitrogens is 1. The fourth-order valence-electron chi connectivity index (χ4n) is 1.51. The quantitative estimate of drug-likeness (QED) is 0.710. The van der Waals surface area contributed by atoms with Gasteiger partial charge in [0.2, 0.25) is 5.82 Å². The Morgan fingerprint density at radius 1 is 1.53 bits per heavy atom. The number of aromatic amines is 1. The molecular weight excluding hydrogens is 216 g/mol. The highest BCUT2D eigenvalue weighted by molar-refractivity contribution is 7.85. The summed E-state index contributed by atoms with van der Waals surface area (Å²) in [5.74, 6) is 1.31. The molecule has 0 atom stereocenters. The second-order valence-corrected chi connectivity index (χ2v) is 5.13. The lowest BCUT2D eigenvalue weighted by molar-refractivity contribution is 0.0924.